The van der Waals surface area contributed by atoms with Gasteiger partial charge in [0, 0.05) is 29.6 Å². The van der Waals surface area contributed by atoms with Gasteiger partial charge in [-0.15, -0.1) is 0 Å². The van der Waals surface area contributed by atoms with Gasteiger partial charge in [0.05, 0.1) is 0 Å². The van der Waals surface area contributed by atoms with E-state index in [-0.39, 0.29) is 29.6 Å². The van der Waals surface area contributed by atoms with E-state index in [0.717, 1.165) is 0 Å². The minimum atomic E-state index is 0. The van der Waals surface area contributed by atoms with E-state index in [1.54, 1.807) is 0 Å². The van der Waals surface area contributed by atoms with Crippen LogP contribution in [0.1, 0.15) is 0 Å². The fourth-order valence-corrected chi connectivity index (χ4v) is 0.196. The summed E-state index contributed by atoms with van der Waals surface area (Å²) in [4.78, 5) is 0. The van der Waals surface area contributed by atoms with Crippen LogP contribution >= 0.6 is 0 Å². The minimum Gasteiger partial charge on any atom is -0.462 e. The van der Waals surface area contributed by atoms with Crippen LogP contribution in [0.4, 0.5) is 0 Å². The maximum atomic E-state index is 4.54. The van der Waals surface area contributed by atoms with Crippen LogP contribution in [0.2, 0.25) is 0 Å². The predicted octanol–water partition coefficient (Wildman–Crippen LogP) is 0.0811. The molecular weight excluding hydrogens is 91.0 g/mol. The Labute approximate surface area is 58.4 Å². The molecule has 1 aliphatic rings. The summed E-state index contributed by atoms with van der Waals surface area (Å²) in [5, 5.41) is 0. The number of hydrogen-bond donors (Lipinski definition) is 0. The van der Waals surface area contributed by atoms with E-state index in [9.17, 15) is 0 Å². The third-order valence-electron chi connectivity index (χ3n) is 0.384. The van der Waals surface area contributed by atoms with Crippen LogP contribution in [0.3, 0.4) is 0 Å². The van der Waals surface area contributed by atoms with Crippen molar-refractivity contribution < 1.29 is 9.47 Å². The molecule has 0 aliphatic carbocycles. The van der Waals surface area contributed by atoms with Crippen molar-refractivity contribution in [3.63, 3.8) is 0 Å². The van der Waals surface area contributed by atoms with Crippen molar-refractivity contribution in [3.05, 3.63) is 12.5 Å². The molecule has 0 saturated carbocycles. The Morgan fingerprint density at radius 1 is 1.17 bits per heavy atom. The molecular formula is C3H4NaO2. The third-order valence-corrected chi connectivity index (χ3v) is 0.384. The molecule has 0 aromatic heterocycles. The van der Waals surface area contributed by atoms with Gasteiger partial charge in [0.2, 0.25) is 6.79 Å². The molecule has 1 radical (unpaired) electrons. The summed E-state index contributed by atoms with van der Waals surface area (Å²) in [6.45, 7) is 0.389. The summed E-state index contributed by atoms with van der Waals surface area (Å²) in [7, 11) is 0. The van der Waals surface area contributed by atoms with Gasteiger partial charge in [-0.05, 0) is 0 Å². The Bertz CT molecular complexity index is 46.8. The summed E-state index contributed by atoms with van der Waals surface area (Å²) in [5.74, 6) is 0. The molecule has 0 saturated heterocycles. The van der Waals surface area contributed by atoms with Gasteiger partial charge in [-0.25, -0.2) is 0 Å². The predicted molar refractivity (Wildman–Crippen MR) is 21.9 cm³/mol. The zero-order valence-corrected chi connectivity index (χ0v) is 5.68. The number of hydrogen-bond acceptors (Lipinski definition) is 2. The quantitative estimate of drug-likeness (QED) is 0.397. The van der Waals surface area contributed by atoms with Crippen LogP contribution in [0.15, 0.2) is 12.5 Å². The third kappa shape index (κ3) is 1.70. The summed E-state index contributed by atoms with van der Waals surface area (Å²) in [6.07, 6.45) is 3.03. The van der Waals surface area contributed by atoms with Gasteiger partial charge in [0.25, 0.3) is 0 Å². The smallest absolute Gasteiger partial charge is 0.229 e. The zero-order chi connectivity index (χ0) is 3.54. The van der Waals surface area contributed by atoms with Crippen LogP contribution in [0, 0.1) is 0 Å². The first-order valence-electron chi connectivity index (χ1n) is 1.38. The average molecular weight is 95.1 g/mol. The molecule has 0 bridgehead atoms. The van der Waals surface area contributed by atoms with E-state index >= 15 is 0 Å². The minimum absolute atomic E-state index is 0. The van der Waals surface area contributed by atoms with Gasteiger partial charge in [-0.3, -0.25) is 0 Å². The van der Waals surface area contributed by atoms with Gasteiger partial charge in [0.15, 0.2) is 0 Å². The van der Waals surface area contributed by atoms with Crippen molar-refractivity contribution in [1.82, 2.24) is 0 Å². The van der Waals surface area contributed by atoms with Crippen molar-refractivity contribution in [2.75, 3.05) is 6.79 Å². The Morgan fingerprint density at radius 3 is 1.83 bits per heavy atom. The monoisotopic (exact) mass is 95.0 g/mol. The van der Waals surface area contributed by atoms with Crippen molar-refractivity contribution in [3.8, 4) is 0 Å². The van der Waals surface area contributed by atoms with E-state index in [4.69, 9.17) is 0 Å². The van der Waals surface area contributed by atoms with E-state index in [1.165, 1.54) is 12.5 Å². The summed E-state index contributed by atoms with van der Waals surface area (Å²) in [5.41, 5.74) is 0. The van der Waals surface area contributed by atoms with E-state index in [2.05, 4.69) is 9.47 Å². The van der Waals surface area contributed by atoms with Crippen LogP contribution in [0.5, 0.6) is 0 Å². The van der Waals surface area contributed by atoms with Crippen molar-refractivity contribution in [1.29, 1.82) is 0 Å². The summed E-state index contributed by atoms with van der Waals surface area (Å²) >= 11 is 0. The second-order valence-corrected chi connectivity index (χ2v) is 0.723. The fourth-order valence-electron chi connectivity index (χ4n) is 0.196. The van der Waals surface area contributed by atoms with Crippen LogP contribution < -0.4 is 0 Å². The Hall–Kier alpha value is 0.340. The maximum Gasteiger partial charge on any atom is 0.229 e. The first kappa shape index (κ1) is 6.34. The second-order valence-electron chi connectivity index (χ2n) is 0.723. The molecule has 0 spiro atoms. The summed E-state index contributed by atoms with van der Waals surface area (Å²) < 4.78 is 9.08. The maximum absolute atomic E-state index is 4.54. The van der Waals surface area contributed by atoms with Crippen molar-refractivity contribution in [2.45, 2.75) is 0 Å². The molecule has 1 aliphatic heterocycles. The van der Waals surface area contributed by atoms with Crippen LogP contribution in [-0.4, -0.2) is 36.4 Å². The molecule has 0 unspecified atom stereocenters. The topological polar surface area (TPSA) is 18.5 Å². The Kier molecular flexibility index (Phi) is 3.73. The molecule has 0 aromatic rings. The second kappa shape index (κ2) is 3.53. The molecule has 0 aromatic carbocycles. The molecule has 2 nitrogen and oxygen atoms in total. The molecule has 0 fully saturated rings. The SMILES string of the molecule is C1=COCO1.[Na]. The number of rotatable bonds is 0. The van der Waals surface area contributed by atoms with Crippen LogP contribution in [-0.2, 0) is 9.47 Å². The van der Waals surface area contributed by atoms with Gasteiger partial charge in [-0.1, -0.05) is 0 Å². The average Bonchev–Trinajstić information content (AvgIpc) is 1.76. The number of ether oxygens (including phenoxy) is 2. The van der Waals surface area contributed by atoms with Crippen molar-refractivity contribution >= 4 is 29.6 Å². The summed E-state index contributed by atoms with van der Waals surface area (Å²) in [6, 6.07) is 0. The normalized spacial score (nSPS) is 14.7. The zero-order valence-electron chi connectivity index (χ0n) is 3.68. The molecule has 0 atom stereocenters. The Balaban J connectivity index is 0.000000250. The first-order valence-corrected chi connectivity index (χ1v) is 1.38. The largest absolute Gasteiger partial charge is 0.462 e. The van der Waals surface area contributed by atoms with E-state index < -0.39 is 0 Å². The standard InChI is InChI=1S/C3H4O2.Na/c1-2-5-3-4-1;/h1-2H,3H2;. The molecule has 1 heterocycles. The van der Waals surface area contributed by atoms with Gasteiger partial charge >= 0.3 is 0 Å². The van der Waals surface area contributed by atoms with Gasteiger partial charge in [0.1, 0.15) is 12.5 Å². The molecule has 29 valence electrons. The van der Waals surface area contributed by atoms with Crippen molar-refractivity contribution in [2.24, 2.45) is 0 Å². The molecule has 1 rings (SSSR count). The van der Waals surface area contributed by atoms with Gasteiger partial charge in [-0.2, -0.15) is 0 Å². The van der Waals surface area contributed by atoms with Gasteiger partial charge < -0.3 is 9.47 Å². The first-order chi connectivity index (χ1) is 2.50. The molecule has 3 heteroatoms. The fraction of sp³-hybridized carbons (Fsp3) is 0.333. The molecule has 0 amide bonds. The Morgan fingerprint density at radius 2 is 1.67 bits per heavy atom. The van der Waals surface area contributed by atoms with E-state index in [1.807, 2.05) is 0 Å². The molecule has 6 heavy (non-hydrogen) atoms. The van der Waals surface area contributed by atoms with Crippen LogP contribution in [0.25, 0.3) is 0 Å². The van der Waals surface area contributed by atoms with E-state index in [0.29, 0.717) is 6.79 Å². The molecule has 0 N–H and O–H groups in total.